The molecule has 1 aliphatic carbocycles. The van der Waals surface area contributed by atoms with Gasteiger partial charge in [0.25, 0.3) is 0 Å². The van der Waals surface area contributed by atoms with Crippen LogP contribution in [-0.2, 0) is 35.6 Å². The molecule has 0 amide bonds. The molecule has 12 heteroatoms. The zero-order chi connectivity index (χ0) is 28.2. The Labute approximate surface area is 240 Å². The van der Waals surface area contributed by atoms with Gasteiger partial charge < -0.3 is 19.1 Å². The van der Waals surface area contributed by atoms with Crippen molar-refractivity contribution in [2.75, 3.05) is 65.6 Å². The molecule has 1 saturated carbocycles. The average Bonchev–Trinajstić information content (AvgIpc) is 2.93. The highest BCUT2D eigenvalue weighted by molar-refractivity contribution is 7.89. The Morgan fingerprint density at radius 2 is 1.74 bits per heavy atom. The Morgan fingerprint density at radius 3 is 2.44 bits per heavy atom. The maximum Gasteiger partial charge on any atom is 0.209 e. The number of hydroxylamine groups is 2. The predicted octanol–water partition coefficient (Wildman–Crippen LogP) is 3.51. The molecule has 39 heavy (non-hydrogen) atoms. The van der Waals surface area contributed by atoms with Gasteiger partial charge in [-0.05, 0) is 55.4 Å². The maximum atomic E-state index is 11.2. The molecule has 1 aliphatic rings. The lowest BCUT2D eigenvalue weighted by atomic mass is 9.90. The second kappa shape index (κ2) is 20.5. The lowest BCUT2D eigenvalue weighted by Crippen LogP contribution is -2.45. The van der Waals surface area contributed by atoms with Gasteiger partial charge in [0.05, 0.1) is 51.9 Å². The fourth-order valence-corrected chi connectivity index (χ4v) is 5.34. The molecule has 1 aromatic rings. The maximum absolute atomic E-state index is 11.2. The monoisotopic (exact) mass is 588 g/mol. The molecule has 224 valence electrons. The van der Waals surface area contributed by atoms with E-state index in [0.29, 0.717) is 70.2 Å². The summed E-state index contributed by atoms with van der Waals surface area (Å²) in [6.07, 6.45) is 12.9. The molecule has 10 nitrogen and oxygen atoms in total. The lowest BCUT2D eigenvalue weighted by Gasteiger charge is -2.34. The summed E-state index contributed by atoms with van der Waals surface area (Å²) < 4.78 is 38.7. The third-order valence-electron chi connectivity index (χ3n) is 6.64. The van der Waals surface area contributed by atoms with Gasteiger partial charge in [0.15, 0.2) is 5.11 Å². The molecular formula is C27H48N4O6S2. The van der Waals surface area contributed by atoms with Crippen LogP contribution in [0.5, 0.6) is 0 Å². The number of nitrogens with zero attached hydrogens (tertiary/aromatic N) is 3. The molecule has 0 saturated heterocycles. The minimum atomic E-state index is -3.42. The number of sulfonamides is 1. The van der Waals surface area contributed by atoms with E-state index in [0.717, 1.165) is 31.4 Å². The lowest BCUT2D eigenvalue weighted by molar-refractivity contribution is -0.129. The van der Waals surface area contributed by atoms with Crippen molar-refractivity contribution in [2.24, 2.45) is 11.1 Å². The largest absolute Gasteiger partial charge is 0.382 e. The second-order valence-electron chi connectivity index (χ2n) is 9.97. The van der Waals surface area contributed by atoms with Gasteiger partial charge in [0, 0.05) is 32.6 Å². The summed E-state index contributed by atoms with van der Waals surface area (Å²) in [5.74, 6) is 0.565. The SMILES string of the molecule is COCCOCCOCCN(CCCCCCS(N)(=O)=O)C(=S)N(Cc1cccnc1)OCC1CCCCC1. The zero-order valence-electron chi connectivity index (χ0n) is 23.5. The van der Waals surface area contributed by atoms with Crippen LogP contribution in [0.1, 0.15) is 63.4 Å². The van der Waals surface area contributed by atoms with Crippen LogP contribution in [0.3, 0.4) is 0 Å². The minimum Gasteiger partial charge on any atom is -0.382 e. The van der Waals surface area contributed by atoms with Crippen molar-refractivity contribution in [3.05, 3.63) is 30.1 Å². The molecule has 1 heterocycles. The second-order valence-corrected chi connectivity index (χ2v) is 12.1. The molecule has 2 rings (SSSR count). The molecule has 0 radical (unpaired) electrons. The Hall–Kier alpha value is -1.41. The van der Waals surface area contributed by atoms with E-state index < -0.39 is 10.0 Å². The Morgan fingerprint density at radius 1 is 1.03 bits per heavy atom. The molecule has 0 atom stereocenters. The standard InChI is InChI=1S/C27H48N4O6S2/c1-34-17-18-36-20-19-35-16-15-30(14-7-2-3-8-21-39(28,32)33)27(38)31(23-26-12-9-13-29-22-26)37-24-25-10-5-4-6-11-25/h9,12-13,22,25H,2-8,10-11,14-21,23-24H2,1H3,(H2,28,32,33). The van der Waals surface area contributed by atoms with Crippen molar-refractivity contribution in [1.82, 2.24) is 14.9 Å². The van der Waals surface area contributed by atoms with Crippen LogP contribution in [0.2, 0.25) is 0 Å². The van der Waals surface area contributed by atoms with Crippen molar-refractivity contribution in [2.45, 2.75) is 64.3 Å². The molecule has 0 unspecified atom stereocenters. The number of hydrogen-bond donors (Lipinski definition) is 1. The number of methoxy groups -OCH3 is 1. The average molecular weight is 589 g/mol. The third kappa shape index (κ3) is 16.4. The van der Waals surface area contributed by atoms with E-state index in [1.54, 1.807) is 13.3 Å². The van der Waals surface area contributed by atoms with Gasteiger partial charge in [-0.2, -0.15) is 0 Å². The van der Waals surface area contributed by atoms with Crippen LogP contribution in [0.25, 0.3) is 0 Å². The fourth-order valence-electron chi connectivity index (χ4n) is 4.43. The van der Waals surface area contributed by atoms with Crippen LogP contribution >= 0.6 is 12.2 Å². The first-order valence-electron chi connectivity index (χ1n) is 14.1. The molecule has 0 aromatic carbocycles. The van der Waals surface area contributed by atoms with Gasteiger partial charge >= 0.3 is 0 Å². The Balaban J connectivity index is 1.95. The first-order valence-corrected chi connectivity index (χ1v) is 16.2. The number of aromatic nitrogens is 1. The number of hydrogen-bond acceptors (Lipinski definition) is 8. The summed E-state index contributed by atoms with van der Waals surface area (Å²) in [5.41, 5.74) is 1.02. The van der Waals surface area contributed by atoms with Gasteiger partial charge in [0.1, 0.15) is 0 Å². The van der Waals surface area contributed by atoms with Crippen LogP contribution in [0.15, 0.2) is 24.5 Å². The molecule has 0 bridgehead atoms. The van der Waals surface area contributed by atoms with Crippen molar-refractivity contribution < 1.29 is 27.5 Å². The number of unbranched alkanes of at least 4 members (excludes halogenated alkanes) is 3. The van der Waals surface area contributed by atoms with E-state index in [2.05, 4.69) is 9.88 Å². The summed E-state index contributed by atoms with van der Waals surface area (Å²) in [5, 5.41) is 7.58. The van der Waals surface area contributed by atoms with E-state index in [1.165, 1.54) is 32.1 Å². The van der Waals surface area contributed by atoms with Gasteiger partial charge in [-0.15, -0.1) is 0 Å². The number of rotatable bonds is 21. The van der Waals surface area contributed by atoms with Crippen LogP contribution < -0.4 is 5.14 Å². The highest BCUT2D eigenvalue weighted by Crippen LogP contribution is 2.24. The van der Waals surface area contributed by atoms with Gasteiger partial charge in [0.2, 0.25) is 10.0 Å². The molecule has 1 aromatic heterocycles. The van der Waals surface area contributed by atoms with Crippen molar-refractivity contribution in [1.29, 1.82) is 0 Å². The molecular weight excluding hydrogens is 540 g/mol. The van der Waals surface area contributed by atoms with Crippen LogP contribution in [-0.4, -0.2) is 94.1 Å². The molecule has 1 fully saturated rings. The number of nitrogens with two attached hydrogens (primary N) is 1. The number of ether oxygens (including phenoxy) is 3. The van der Waals surface area contributed by atoms with Crippen molar-refractivity contribution >= 4 is 27.4 Å². The number of thiocarbonyl (C=S) groups is 1. The Kier molecular flexibility index (Phi) is 17.7. The first kappa shape index (κ1) is 33.8. The van der Waals surface area contributed by atoms with E-state index in [-0.39, 0.29) is 5.75 Å². The minimum absolute atomic E-state index is 0.0172. The van der Waals surface area contributed by atoms with Crippen LogP contribution in [0, 0.1) is 5.92 Å². The smallest absolute Gasteiger partial charge is 0.209 e. The van der Waals surface area contributed by atoms with E-state index in [9.17, 15) is 8.42 Å². The topological polar surface area (TPSA) is 116 Å². The summed E-state index contributed by atoms with van der Waals surface area (Å²) in [4.78, 5) is 12.7. The highest BCUT2D eigenvalue weighted by atomic mass is 32.2. The molecule has 0 aliphatic heterocycles. The summed E-state index contributed by atoms with van der Waals surface area (Å²) in [6.45, 7) is 5.11. The Bertz CT molecular complexity index is 872. The summed E-state index contributed by atoms with van der Waals surface area (Å²) in [7, 11) is -1.77. The van der Waals surface area contributed by atoms with E-state index in [4.69, 9.17) is 36.4 Å². The normalized spacial score (nSPS) is 14.4. The van der Waals surface area contributed by atoms with Gasteiger partial charge in [-0.25, -0.2) is 18.6 Å². The van der Waals surface area contributed by atoms with E-state index in [1.807, 2.05) is 23.4 Å². The first-order chi connectivity index (χ1) is 18.9. The van der Waals surface area contributed by atoms with Crippen LogP contribution in [0.4, 0.5) is 0 Å². The summed E-state index contributed by atoms with van der Waals surface area (Å²) in [6, 6.07) is 3.94. The molecule has 0 spiro atoms. The highest BCUT2D eigenvalue weighted by Gasteiger charge is 2.21. The zero-order valence-corrected chi connectivity index (χ0v) is 25.1. The number of primary sulfonamides is 1. The predicted molar refractivity (Wildman–Crippen MR) is 156 cm³/mol. The van der Waals surface area contributed by atoms with Gasteiger partial charge in [-0.3, -0.25) is 9.82 Å². The quantitative estimate of drug-likeness (QED) is 0.130. The van der Waals surface area contributed by atoms with Gasteiger partial charge in [-0.1, -0.05) is 38.2 Å². The number of pyridine rings is 1. The fraction of sp³-hybridized carbons (Fsp3) is 0.778. The summed E-state index contributed by atoms with van der Waals surface area (Å²) >= 11 is 5.98. The third-order valence-corrected chi connectivity index (χ3v) is 7.96. The van der Waals surface area contributed by atoms with Crippen molar-refractivity contribution in [3.8, 4) is 0 Å². The van der Waals surface area contributed by atoms with Crippen molar-refractivity contribution in [3.63, 3.8) is 0 Å². The van der Waals surface area contributed by atoms with E-state index >= 15 is 0 Å². The molecule has 2 N–H and O–H groups in total.